The second-order valence-corrected chi connectivity index (χ2v) is 4.45. The minimum absolute atomic E-state index is 0.0446. The standard InChI is InChI=1S/C13H12FNO2S/c1-17-13(16)11-3-2-9(6-12(11)14)7-15-10-4-5-18-8-10/h2-6,8,15H,7H2,1H3. The van der Waals surface area contributed by atoms with Crippen molar-refractivity contribution >= 4 is 23.0 Å². The van der Waals surface area contributed by atoms with Gasteiger partial charge in [-0.2, -0.15) is 11.3 Å². The number of rotatable bonds is 4. The summed E-state index contributed by atoms with van der Waals surface area (Å²) in [7, 11) is 1.23. The number of benzene rings is 1. The lowest BCUT2D eigenvalue weighted by Crippen LogP contribution is -2.06. The predicted octanol–water partition coefficient (Wildman–Crippen LogP) is 3.29. The van der Waals surface area contributed by atoms with Crippen LogP contribution in [0.25, 0.3) is 0 Å². The lowest BCUT2D eigenvalue weighted by molar-refractivity contribution is 0.0595. The summed E-state index contributed by atoms with van der Waals surface area (Å²) in [5.41, 5.74) is 1.72. The van der Waals surface area contributed by atoms with E-state index in [-0.39, 0.29) is 5.56 Å². The number of halogens is 1. The van der Waals surface area contributed by atoms with Gasteiger partial charge < -0.3 is 10.1 Å². The van der Waals surface area contributed by atoms with Crippen molar-refractivity contribution in [1.29, 1.82) is 0 Å². The molecule has 18 heavy (non-hydrogen) atoms. The Balaban J connectivity index is 2.07. The first-order chi connectivity index (χ1) is 8.70. The van der Waals surface area contributed by atoms with Crippen LogP contribution >= 0.6 is 11.3 Å². The summed E-state index contributed by atoms with van der Waals surface area (Å²) in [6.07, 6.45) is 0. The van der Waals surface area contributed by atoms with Gasteiger partial charge in [0.15, 0.2) is 0 Å². The molecule has 0 aliphatic heterocycles. The van der Waals surface area contributed by atoms with Gasteiger partial charge in [0.2, 0.25) is 0 Å². The number of hydrogen-bond acceptors (Lipinski definition) is 4. The van der Waals surface area contributed by atoms with Crippen LogP contribution in [0, 0.1) is 5.82 Å². The van der Waals surface area contributed by atoms with E-state index in [0.717, 1.165) is 11.3 Å². The Hall–Kier alpha value is -1.88. The molecule has 2 aromatic rings. The third kappa shape index (κ3) is 2.87. The topological polar surface area (TPSA) is 38.3 Å². The maximum absolute atomic E-state index is 13.6. The summed E-state index contributed by atoms with van der Waals surface area (Å²) >= 11 is 1.59. The molecule has 1 heterocycles. The first kappa shape index (κ1) is 12.6. The zero-order valence-corrected chi connectivity index (χ0v) is 10.6. The molecule has 0 radical (unpaired) electrons. The molecule has 0 unspecified atom stereocenters. The van der Waals surface area contributed by atoms with Crippen LogP contribution in [0.5, 0.6) is 0 Å². The summed E-state index contributed by atoms with van der Waals surface area (Å²) < 4.78 is 18.1. The van der Waals surface area contributed by atoms with Crippen LogP contribution in [0.4, 0.5) is 10.1 Å². The molecule has 0 spiro atoms. The number of esters is 1. The first-order valence-corrected chi connectivity index (χ1v) is 6.28. The van der Waals surface area contributed by atoms with Crippen molar-refractivity contribution in [2.45, 2.75) is 6.54 Å². The molecule has 0 aliphatic carbocycles. The number of methoxy groups -OCH3 is 1. The fourth-order valence-corrected chi connectivity index (χ4v) is 2.13. The minimum atomic E-state index is -0.662. The SMILES string of the molecule is COC(=O)c1ccc(CNc2ccsc2)cc1F. The van der Waals surface area contributed by atoms with Gasteiger partial charge in [0.1, 0.15) is 5.82 Å². The Kier molecular flexibility index (Phi) is 3.94. The Bertz CT molecular complexity index is 540. The zero-order valence-electron chi connectivity index (χ0n) is 9.77. The van der Waals surface area contributed by atoms with Crippen molar-refractivity contribution in [2.75, 3.05) is 12.4 Å². The molecule has 1 aromatic carbocycles. The van der Waals surface area contributed by atoms with Crippen molar-refractivity contribution in [3.63, 3.8) is 0 Å². The van der Waals surface area contributed by atoms with E-state index in [1.54, 1.807) is 17.4 Å². The molecule has 0 saturated heterocycles. The van der Waals surface area contributed by atoms with E-state index in [1.807, 2.05) is 16.8 Å². The van der Waals surface area contributed by atoms with Crippen LogP contribution in [0.3, 0.4) is 0 Å². The van der Waals surface area contributed by atoms with Crippen LogP contribution in [-0.2, 0) is 11.3 Å². The maximum Gasteiger partial charge on any atom is 0.340 e. The molecule has 1 aromatic heterocycles. The van der Waals surface area contributed by atoms with Crippen LogP contribution in [0.1, 0.15) is 15.9 Å². The molecule has 5 heteroatoms. The molecular formula is C13H12FNO2S. The number of hydrogen-bond donors (Lipinski definition) is 1. The van der Waals surface area contributed by atoms with Crippen molar-refractivity contribution < 1.29 is 13.9 Å². The highest BCUT2D eigenvalue weighted by Crippen LogP contribution is 2.15. The minimum Gasteiger partial charge on any atom is -0.465 e. The third-order valence-corrected chi connectivity index (χ3v) is 3.14. The van der Waals surface area contributed by atoms with E-state index >= 15 is 0 Å². The Morgan fingerprint density at radius 1 is 1.44 bits per heavy atom. The van der Waals surface area contributed by atoms with Gasteiger partial charge in [0.25, 0.3) is 0 Å². The lowest BCUT2D eigenvalue weighted by Gasteiger charge is -2.06. The Morgan fingerprint density at radius 3 is 2.89 bits per heavy atom. The van der Waals surface area contributed by atoms with E-state index in [1.165, 1.54) is 19.2 Å². The summed E-state index contributed by atoms with van der Waals surface area (Å²) in [5, 5.41) is 7.09. The van der Waals surface area contributed by atoms with Crippen molar-refractivity contribution in [3.05, 3.63) is 52.0 Å². The normalized spacial score (nSPS) is 10.1. The van der Waals surface area contributed by atoms with Crippen molar-refractivity contribution in [1.82, 2.24) is 0 Å². The number of anilines is 1. The molecule has 0 atom stereocenters. The molecule has 0 fully saturated rings. The summed E-state index contributed by atoms with van der Waals surface area (Å²) in [4.78, 5) is 11.2. The molecule has 3 nitrogen and oxygen atoms in total. The number of thiophene rings is 1. The quantitative estimate of drug-likeness (QED) is 0.862. The van der Waals surface area contributed by atoms with Gasteiger partial charge in [0, 0.05) is 17.6 Å². The summed E-state index contributed by atoms with van der Waals surface area (Å²) in [6.45, 7) is 0.509. The number of nitrogens with one attached hydrogen (secondary N) is 1. The lowest BCUT2D eigenvalue weighted by atomic mass is 10.1. The predicted molar refractivity (Wildman–Crippen MR) is 69.4 cm³/mol. The monoisotopic (exact) mass is 265 g/mol. The molecule has 0 bridgehead atoms. The largest absolute Gasteiger partial charge is 0.465 e. The smallest absolute Gasteiger partial charge is 0.340 e. The van der Waals surface area contributed by atoms with Crippen molar-refractivity contribution in [3.8, 4) is 0 Å². The molecule has 1 N–H and O–H groups in total. The molecule has 94 valence electrons. The molecule has 0 amide bonds. The van der Waals surface area contributed by atoms with Gasteiger partial charge in [-0.3, -0.25) is 0 Å². The highest BCUT2D eigenvalue weighted by molar-refractivity contribution is 7.08. The van der Waals surface area contributed by atoms with Gasteiger partial charge in [-0.1, -0.05) is 6.07 Å². The summed E-state index contributed by atoms with van der Waals surface area (Å²) in [6, 6.07) is 6.43. The second-order valence-electron chi connectivity index (χ2n) is 3.67. The van der Waals surface area contributed by atoms with Gasteiger partial charge in [-0.25, -0.2) is 9.18 Å². The summed E-state index contributed by atoms with van der Waals surface area (Å²) in [5.74, 6) is -1.23. The molecule has 0 saturated carbocycles. The molecule has 0 aliphatic rings. The van der Waals surface area contributed by atoms with Crippen LogP contribution in [-0.4, -0.2) is 13.1 Å². The fraction of sp³-hybridized carbons (Fsp3) is 0.154. The average molecular weight is 265 g/mol. The number of carbonyl (C=O) groups is 1. The highest BCUT2D eigenvalue weighted by atomic mass is 32.1. The van der Waals surface area contributed by atoms with Crippen LogP contribution in [0.15, 0.2) is 35.0 Å². The average Bonchev–Trinajstić information content (AvgIpc) is 2.88. The van der Waals surface area contributed by atoms with Gasteiger partial charge in [-0.05, 0) is 29.1 Å². The van der Waals surface area contributed by atoms with E-state index in [0.29, 0.717) is 6.54 Å². The maximum atomic E-state index is 13.6. The van der Waals surface area contributed by atoms with Gasteiger partial charge in [0.05, 0.1) is 12.7 Å². The van der Waals surface area contributed by atoms with Gasteiger partial charge >= 0.3 is 5.97 Å². The van der Waals surface area contributed by atoms with E-state index < -0.39 is 11.8 Å². The van der Waals surface area contributed by atoms with E-state index in [4.69, 9.17) is 0 Å². The molecule has 2 rings (SSSR count). The van der Waals surface area contributed by atoms with Crippen LogP contribution < -0.4 is 5.32 Å². The zero-order chi connectivity index (χ0) is 13.0. The molecular weight excluding hydrogens is 253 g/mol. The van der Waals surface area contributed by atoms with E-state index in [2.05, 4.69) is 10.1 Å². The second kappa shape index (κ2) is 5.64. The third-order valence-electron chi connectivity index (χ3n) is 2.46. The highest BCUT2D eigenvalue weighted by Gasteiger charge is 2.11. The van der Waals surface area contributed by atoms with E-state index in [9.17, 15) is 9.18 Å². The van der Waals surface area contributed by atoms with Gasteiger partial charge in [-0.15, -0.1) is 0 Å². The first-order valence-electron chi connectivity index (χ1n) is 5.33. The van der Waals surface area contributed by atoms with Crippen molar-refractivity contribution in [2.24, 2.45) is 0 Å². The number of ether oxygens (including phenoxy) is 1. The number of carbonyl (C=O) groups excluding carboxylic acids is 1. The Morgan fingerprint density at radius 2 is 2.28 bits per heavy atom. The fourth-order valence-electron chi connectivity index (χ4n) is 1.51. The Labute approximate surface area is 108 Å². The van der Waals surface area contributed by atoms with Crippen LogP contribution in [0.2, 0.25) is 0 Å².